The number of allylic oxidation sites excluding steroid dienone is 1. The standard InChI is InChI=1S/C34H32N4O3/c1-41-34-24-33-32(23-29(34)22-30(25-35)28-12-14-31(15-13-28)38(39)40)36(18-16-26-8-4-2-5-9-26)20-21-37(33)19-17-27-10-6-3-7-11-27/h2-15,22-24H,16-21H2,1H3/b30-22+. The molecule has 0 aliphatic carbocycles. The Morgan fingerprint density at radius 3 is 1.90 bits per heavy atom. The molecular weight excluding hydrogens is 512 g/mol. The van der Waals surface area contributed by atoms with Crippen LogP contribution >= 0.6 is 0 Å². The van der Waals surface area contributed by atoms with Crippen LogP contribution in [0.5, 0.6) is 5.75 Å². The lowest BCUT2D eigenvalue weighted by Gasteiger charge is -2.39. The smallest absolute Gasteiger partial charge is 0.269 e. The van der Waals surface area contributed by atoms with Gasteiger partial charge in [-0.15, -0.1) is 0 Å². The van der Waals surface area contributed by atoms with Crippen molar-refractivity contribution >= 4 is 28.7 Å². The summed E-state index contributed by atoms with van der Waals surface area (Å²) >= 11 is 0. The van der Waals surface area contributed by atoms with E-state index in [2.05, 4.69) is 76.5 Å². The molecule has 0 saturated heterocycles. The number of ether oxygens (including phenoxy) is 1. The molecule has 0 bridgehead atoms. The van der Waals surface area contributed by atoms with Gasteiger partial charge >= 0.3 is 0 Å². The number of anilines is 2. The molecule has 4 aromatic carbocycles. The van der Waals surface area contributed by atoms with E-state index in [0.29, 0.717) is 16.9 Å². The summed E-state index contributed by atoms with van der Waals surface area (Å²) in [5.41, 5.74) is 6.61. The fraction of sp³-hybridized carbons (Fsp3) is 0.206. The van der Waals surface area contributed by atoms with Crippen molar-refractivity contribution in [2.24, 2.45) is 0 Å². The molecule has 7 heteroatoms. The molecule has 206 valence electrons. The van der Waals surface area contributed by atoms with Gasteiger partial charge in [-0.3, -0.25) is 10.1 Å². The van der Waals surface area contributed by atoms with Crippen LogP contribution < -0.4 is 14.5 Å². The minimum absolute atomic E-state index is 0.0120. The number of fused-ring (bicyclic) bond motifs is 1. The van der Waals surface area contributed by atoms with Gasteiger partial charge in [0.1, 0.15) is 5.75 Å². The number of hydrogen-bond acceptors (Lipinski definition) is 6. The van der Waals surface area contributed by atoms with Crippen molar-refractivity contribution in [3.8, 4) is 11.8 Å². The summed E-state index contributed by atoms with van der Waals surface area (Å²) in [6.45, 7) is 3.54. The Morgan fingerprint density at radius 2 is 1.41 bits per heavy atom. The van der Waals surface area contributed by atoms with E-state index in [1.54, 1.807) is 25.3 Å². The second kappa shape index (κ2) is 12.8. The van der Waals surface area contributed by atoms with E-state index in [-0.39, 0.29) is 5.69 Å². The summed E-state index contributed by atoms with van der Waals surface area (Å²) in [6.07, 6.45) is 3.67. The minimum atomic E-state index is -0.445. The number of nitro groups is 1. The molecule has 0 saturated carbocycles. The number of benzene rings is 4. The van der Waals surface area contributed by atoms with Crippen molar-refractivity contribution in [3.63, 3.8) is 0 Å². The van der Waals surface area contributed by atoms with Gasteiger partial charge in [0, 0.05) is 49.9 Å². The molecule has 7 nitrogen and oxygen atoms in total. The third-order valence-electron chi connectivity index (χ3n) is 7.48. The van der Waals surface area contributed by atoms with Crippen molar-refractivity contribution in [2.75, 3.05) is 43.1 Å². The monoisotopic (exact) mass is 544 g/mol. The molecule has 1 heterocycles. The fourth-order valence-corrected chi connectivity index (χ4v) is 5.23. The summed E-state index contributed by atoms with van der Waals surface area (Å²) in [4.78, 5) is 15.5. The van der Waals surface area contributed by atoms with Crippen LogP contribution in [0.25, 0.3) is 11.6 Å². The summed E-state index contributed by atoms with van der Waals surface area (Å²) in [5.74, 6) is 0.674. The van der Waals surface area contributed by atoms with Gasteiger partial charge in [-0.25, -0.2) is 0 Å². The molecule has 1 aliphatic rings. The highest BCUT2D eigenvalue weighted by Gasteiger charge is 2.25. The van der Waals surface area contributed by atoms with Gasteiger partial charge < -0.3 is 14.5 Å². The van der Waals surface area contributed by atoms with Gasteiger partial charge in [0.2, 0.25) is 0 Å². The van der Waals surface area contributed by atoms with E-state index >= 15 is 0 Å². The maximum absolute atomic E-state index is 11.1. The van der Waals surface area contributed by atoms with Crippen LogP contribution in [0.3, 0.4) is 0 Å². The van der Waals surface area contributed by atoms with Gasteiger partial charge in [0.05, 0.1) is 35.1 Å². The summed E-state index contributed by atoms with van der Waals surface area (Å²) in [5, 5.41) is 21.1. The topological polar surface area (TPSA) is 82.6 Å². The molecule has 0 N–H and O–H groups in total. The fourth-order valence-electron chi connectivity index (χ4n) is 5.23. The molecule has 0 atom stereocenters. The first-order chi connectivity index (χ1) is 20.1. The third kappa shape index (κ3) is 6.56. The molecule has 5 rings (SSSR count). The molecule has 0 fully saturated rings. The highest BCUT2D eigenvalue weighted by atomic mass is 16.6. The van der Waals surface area contributed by atoms with Crippen molar-refractivity contribution < 1.29 is 9.66 Å². The van der Waals surface area contributed by atoms with E-state index in [0.717, 1.165) is 56.0 Å². The number of rotatable bonds is 10. The highest BCUT2D eigenvalue weighted by Crippen LogP contribution is 2.40. The molecule has 0 unspecified atom stereocenters. The minimum Gasteiger partial charge on any atom is -0.496 e. The van der Waals surface area contributed by atoms with E-state index in [1.807, 2.05) is 12.1 Å². The maximum Gasteiger partial charge on any atom is 0.269 e. The average molecular weight is 545 g/mol. The lowest BCUT2D eigenvalue weighted by atomic mass is 10.0. The van der Waals surface area contributed by atoms with E-state index < -0.39 is 4.92 Å². The normalized spacial score (nSPS) is 12.9. The van der Waals surface area contributed by atoms with E-state index in [9.17, 15) is 15.4 Å². The number of nitro benzene ring substituents is 1. The zero-order valence-electron chi connectivity index (χ0n) is 23.1. The molecular formula is C34H32N4O3. The van der Waals surface area contributed by atoms with E-state index in [4.69, 9.17) is 4.74 Å². The Bertz CT molecular complexity index is 1560. The Kier molecular flexibility index (Phi) is 8.61. The maximum atomic E-state index is 11.1. The SMILES string of the molecule is COc1cc2c(cc1/C=C(\C#N)c1ccc([N+](=O)[O-])cc1)N(CCc1ccccc1)CCN2CCc1ccccc1. The first-order valence-corrected chi connectivity index (χ1v) is 13.7. The van der Waals surface area contributed by atoms with Crippen molar-refractivity contribution in [1.82, 2.24) is 0 Å². The molecule has 0 aromatic heterocycles. The highest BCUT2D eigenvalue weighted by molar-refractivity contribution is 5.92. The van der Waals surface area contributed by atoms with Gasteiger partial charge in [-0.2, -0.15) is 5.26 Å². The first-order valence-electron chi connectivity index (χ1n) is 13.7. The van der Waals surface area contributed by atoms with Gasteiger partial charge in [-0.1, -0.05) is 60.7 Å². The molecule has 0 amide bonds. The zero-order valence-corrected chi connectivity index (χ0v) is 23.1. The van der Waals surface area contributed by atoms with Crippen molar-refractivity contribution in [2.45, 2.75) is 12.8 Å². The number of nitriles is 1. The molecule has 41 heavy (non-hydrogen) atoms. The van der Waals surface area contributed by atoms with Crippen LogP contribution in [0.4, 0.5) is 17.1 Å². The predicted octanol–water partition coefficient (Wildman–Crippen LogP) is 6.78. The van der Waals surface area contributed by atoms with Crippen LogP contribution in [0, 0.1) is 21.4 Å². The van der Waals surface area contributed by atoms with Crippen LogP contribution in [0.2, 0.25) is 0 Å². The third-order valence-corrected chi connectivity index (χ3v) is 7.48. The van der Waals surface area contributed by atoms with Crippen molar-refractivity contribution in [1.29, 1.82) is 5.26 Å². The molecule has 0 radical (unpaired) electrons. The largest absolute Gasteiger partial charge is 0.496 e. The Balaban J connectivity index is 1.50. The Hall–Kier alpha value is -5.09. The molecule has 0 spiro atoms. The summed E-state index contributed by atoms with van der Waals surface area (Å²) < 4.78 is 5.83. The Labute approximate surface area is 240 Å². The van der Waals surface area contributed by atoms with Crippen molar-refractivity contribution in [3.05, 3.63) is 129 Å². The lowest BCUT2D eigenvalue weighted by molar-refractivity contribution is -0.384. The zero-order chi connectivity index (χ0) is 28.6. The van der Waals surface area contributed by atoms with Crippen LogP contribution in [-0.2, 0) is 12.8 Å². The summed E-state index contributed by atoms with van der Waals surface area (Å²) in [6, 6.07) is 33.5. The molecule has 1 aliphatic heterocycles. The second-order valence-electron chi connectivity index (χ2n) is 10.0. The van der Waals surface area contributed by atoms with E-state index in [1.165, 1.54) is 23.3 Å². The summed E-state index contributed by atoms with van der Waals surface area (Å²) in [7, 11) is 1.64. The second-order valence-corrected chi connectivity index (χ2v) is 10.0. The number of nitrogens with zero attached hydrogens (tertiary/aromatic N) is 4. The Morgan fingerprint density at radius 1 is 0.878 bits per heavy atom. The number of hydrogen-bond donors (Lipinski definition) is 0. The lowest BCUT2D eigenvalue weighted by Crippen LogP contribution is -2.42. The van der Waals surface area contributed by atoms with Gasteiger partial charge in [0.25, 0.3) is 5.69 Å². The quantitative estimate of drug-likeness (QED) is 0.0947. The van der Waals surface area contributed by atoms with Gasteiger partial charge in [0.15, 0.2) is 0 Å². The van der Waals surface area contributed by atoms with Crippen LogP contribution in [-0.4, -0.2) is 38.2 Å². The molecule has 4 aromatic rings. The average Bonchev–Trinajstić information content (AvgIpc) is 3.02. The number of non-ortho nitro benzene ring substituents is 1. The van der Waals surface area contributed by atoms with Crippen LogP contribution in [0.1, 0.15) is 22.3 Å². The first kappa shape index (κ1) is 27.5. The van der Waals surface area contributed by atoms with Gasteiger partial charge in [-0.05, 0) is 53.8 Å². The predicted molar refractivity (Wildman–Crippen MR) is 164 cm³/mol. The number of methoxy groups -OCH3 is 1. The van der Waals surface area contributed by atoms with Crippen LogP contribution in [0.15, 0.2) is 97.1 Å².